The van der Waals surface area contributed by atoms with Crippen LogP contribution in [0.4, 0.5) is 5.69 Å². The number of thioether (sulfide) groups is 1. The Morgan fingerprint density at radius 2 is 2.04 bits per heavy atom. The fraction of sp³-hybridized carbons (Fsp3) is 0.500. The Labute approximate surface area is 161 Å². The van der Waals surface area contributed by atoms with E-state index in [1.807, 2.05) is 6.07 Å². The van der Waals surface area contributed by atoms with Gasteiger partial charge in [-0.1, -0.05) is 30.9 Å². The number of carboxylic acids is 1. The summed E-state index contributed by atoms with van der Waals surface area (Å²) >= 11 is 7.26. The lowest BCUT2D eigenvalue weighted by atomic mass is 9.94. The van der Waals surface area contributed by atoms with Crippen LogP contribution in [0.15, 0.2) is 23.1 Å². The van der Waals surface area contributed by atoms with Gasteiger partial charge in [0.05, 0.1) is 16.9 Å². The van der Waals surface area contributed by atoms with E-state index in [2.05, 4.69) is 10.6 Å². The van der Waals surface area contributed by atoms with Crippen molar-refractivity contribution in [3.63, 3.8) is 0 Å². The van der Waals surface area contributed by atoms with Crippen LogP contribution in [-0.2, 0) is 14.4 Å². The molecule has 140 valence electrons. The lowest BCUT2D eigenvalue weighted by Gasteiger charge is -2.26. The summed E-state index contributed by atoms with van der Waals surface area (Å²) in [7, 11) is 0. The van der Waals surface area contributed by atoms with Crippen LogP contribution in [0.1, 0.15) is 38.5 Å². The van der Waals surface area contributed by atoms with Crippen LogP contribution in [0.3, 0.4) is 0 Å². The average molecular weight is 397 g/mol. The van der Waals surface area contributed by atoms with Crippen LogP contribution < -0.4 is 10.6 Å². The van der Waals surface area contributed by atoms with Gasteiger partial charge in [0.1, 0.15) is 0 Å². The van der Waals surface area contributed by atoms with E-state index in [0.29, 0.717) is 23.6 Å². The summed E-state index contributed by atoms with van der Waals surface area (Å²) in [4.78, 5) is 37.1. The Balaban J connectivity index is 1.63. The summed E-state index contributed by atoms with van der Waals surface area (Å²) in [5.41, 5.74) is 0.652. The van der Waals surface area contributed by atoms with Crippen molar-refractivity contribution < 1.29 is 19.5 Å². The van der Waals surface area contributed by atoms with Crippen molar-refractivity contribution >= 4 is 46.8 Å². The number of benzene rings is 1. The van der Waals surface area contributed by atoms with Crippen LogP contribution in [-0.4, -0.2) is 34.2 Å². The first-order valence-corrected chi connectivity index (χ1v) is 9.99. The molecule has 2 amide bonds. The minimum absolute atomic E-state index is 0.0153. The highest BCUT2D eigenvalue weighted by atomic mass is 35.5. The van der Waals surface area contributed by atoms with Crippen molar-refractivity contribution in [1.29, 1.82) is 0 Å². The van der Waals surface area contributed by atoms with Gasteiger partial charge in [0.25, 0.3) is 0 Å². The number of amides is 2. The Hall–Kier alpha value is -1.73. The number of aliphatic carboxylic acids is 1. The van der Waals surface area contributed by atoms with Gasteiger partial charge < -0.3 is 15.7 Å². The zero-order valence-corrected chi connectivity index (χ0v) is 15.7. The van der Waals surface area contributed by atoms with Gasteiger partial charge in [-0.3, -0.25) is 14.4 Å². The van der Waals surface area contributed by atoms with Crippen molar-refractivity contribution in [3.8, 4) is 0 Å². The molecule has 3 N–H and O–H groups in total. The normalized spacial score (nSPS) is 25.6. The highest BCUT2D eigenvalue weighted by molar-refractivity contribution is 8.01. The summed E-state index contributed by atoms with van der Waals surface area (Å²) in [5.74, 6) is -1.95. The summed E-state index contributed by atoms with van der Waals surface area (Å²) in [5, 5.41) is 15.0. The summed E-state index contributed by atoms with van der Waals surface area (Å²) in [6.07, 6.45) is 4.00. The molecule has 8 heteroatoms. The predicted octanol–water partition coefficient (Wildman–Crippen LogP) is 3.29. The van der Waals surface area contributed by atoms with Gasteiger partial charge in [0.2, 0.25) is 11.8 Å². The molecule has 0 radical (unpaired) electrons. The first-order chi connectivity index (χ1) is 12.4. The molecule has 1 unspecified atom stereocenters. The fourth-order valence-corrected chi connectivity index (χ4v) is 4.73. The number of nitrogens with one attached hydrogen (secondary N) is 2. The maximum Gasteiger partial charge on any atom is 0.308 e. The highest BCUT2D eigenvalue weighted by Gasteiger charge is 2.33. The van der Waals surface area contributed by atoms with Crippen molar-refractivity contribution in [1.82, 2.24) is 5.32 Å². The van der Waals surface area contributed by atoms with Crippen LogP contribution >= 0.6 is 23.4 Å². The number of hydrogen-bond donors (Lipinski definition) is 3. The average Bonchev–Trinajstić information content (AvgIpc) is 2.81. The number of carboxylic acid groups (broad SMARTS) is 1. The first kappa shape index (κ1) is 19.0. The van der Waals surface area contributed by atoms with Crippen molar-refractivity contribution in [2.24, 2.45) is 5.92 Å². The van der Waals surface area contributed by atoms with Crippen LogP contribution in [0, 0.1) is 5.92 Å². The van der Waals surface area contributed by atoms with Crippen LogP contribution in [0.5, 0.6) is 0 Å². The number of anilines is 1. The SMILES string of the molecule is O=C(CC1Sc2ccc(Cl)cc2NC1=O)N[C@H]1CCCCC[C@H]1C(=O)O. The fourth-order valence-electron chi connectivity index (χ4n) is 3.47. The third kappa shape index (κ3) is 4.51. The minimum atomic E-state index is -0.868. The van der Waals surface area contributed by atoms with Crippen molar-refractivity contribution in [3.05, 3.63) is 23.2 Å². The van der Waals surface area contributed by atoms with Crippen molar-refractivity contribution in [2.75, 3.05) is 5.32 Å². The monoisotopic (exact) mass is 396 g/mol. The Morgan fingerprint density at radius 1 is 1.27 bits per heavy atom. The second kappa shape index (κ2) is 8.31. The molecular weight excluding hydrogens is 376 g/mol. The molecule has 1 aromatic carbocycles. The molecule has 2 aliphatic rings. The van der Waals surface area contributed by atoms with E-state index in [9.17, 15) is 19.5 Å². The van der Waals surface area contributed by atoms with Gasteiger partial charge in [0.15, 0.2) is 0 Å². The largest absolute Gasteiger partial charge is 0.481 e. The molecular formula is C18H21ClN2O4S. The van der Waals surface area contributed by atoms with Crippen molar-refractivity contribution in [2.45, 2.75) is 54.7 Å². The van der Waals surface area contributed by atoms with E-state index >= 15 is 0 Å². The first-order valence-electron chi connectivity index (χ1n) is 8.73. The molecule has 1 saturated carbocycles. The predicted molar refractivity (Wildman–Crippen MR) is 100 cm³/mol. The van der Waals surface area contributed by atoms with Gasteiger partial charge in [-0.05, 0) is 31.0 Å². The molecule has 0 aromatic heterocycles. The lowest BCUT2D eigenvalue weighted by Crippen LogP contribution is -2.44. The summed E-state index contributed by atoms with van der Waals surface area (Å²) < 4.78 is 0. The molecule has 3 rings (SSSR count). The third-order valence-corrected chi connectivity index (χ3v) is 6.32. The van der Waals surface area contributed by atoms with Crippen LogP contribution in [0.2, 0.25) is 5.02 Å². The van der Waals surface area contributed by atoms with E-state index in [1.165, 1.54) is 11.8 Å². The molecule has 6 nitrogen and oxygen atoms in total. The number of carbonyl (C=O) groups excluding carboxylic acids is 2. The van der Waals surface area contributed by atoms with E-state index < -0.39 is 17.1 Å². The van der Waals surface area contributed by atoms with E-state index in [4.69, 9.17) is 11.6 Å². The minimum Gasteiger partial charge on any atom is -0.481 e. The maximum atomic E-state index is 12.5. The third-order valence-electron chi connectivity index (χ3n) is 4.81. The molecule has 0 bridgehead atoms. The Bertz CT molecular complexity index is 727. The number of rotatable bonds is 4. The second-order valence-electron chi connectivity index (χ2n) is 6.70. The zero-order chi connectivity index (χ0) is 18.7. The zero-order valence-electron chi connectivity index (χ0n) is 14.2. The Morgan fingerprint density at radius 3 is 2.81 bits per heavy atom. The molecule has 1 fully saturated rings. The van der Waals surface area contributed by atoms with Crippen LogP contribution in [0.25, 0.3) is 0 Å². The number of carbonyl (C=O) groups is 3. The molecule has 3 atom stereocenters. The molecule has 1 aliphatic carbocycles. The standard InChI is InChI=1S/C18H21ClN2O4S/c19-10-6-7-14-13(8-10)21-17(23)15(26-14)9-16(22)20-12-5-3-1-2-4-11(12)18(24)25/h6-8,11-12,15H,1-5,9H2,(H,20,22)(H,21,23)(H,24,25)/t11-,12+,15?/m1/s1. The second-order valence-corrected chi connectivity index (χ2v) is 8.38. The maximum absolute atomic E-state index is 12.5. The number of hydrogen-bond acceptors (Lipinski definition) is 4. The van der Waals surface area contributed by atoms with Gasteiger partial charge >= 0.3 is 5.97 Å². The number of fused-ring (bicyclic) bond motifs is 1. The van der Waals surface area contributed by atoms with Gasteiger partial charge in [-0.25, -0.2) is 0 Å². The molecule has 0 saturated heterocycles. The highest BCUT2D eigenvalue weighted by Crippen LogP contribution is 2.38. The lowest BCUT2D eigenvalue weighted by molar-refractivity contribution is -0.143. The van der Waals surface area contributed by atoms with Gasteiger partial charge in [-0.15, -0.1) is 11.8 Å². The van der Waals surface area contributed by atoms with Gasteiger partial charge in [-0.2, -0.15) is 0 Å². The van der Waals surface area contributed by atoms with Gasteiger partial charge in [0, 0.05) is 22.4 Å². The molecule has 0 spiro atoms. The quantitative estimate of drug-likeness (QED) is 0.679. The molecule has 1 heterocycles. The molecule has 1 aliphatic heterocycles. The Kier molecular flexibility index (Phi) is 6.09. The van der Waals surface area contributed by atoms with E-state index in [0.717, 1.165) is 24.2 Å². The topological polar surface area (TPSA) is 95.5 Å². The summed E-state index contributed by atoms with van der Waals surface area (Å²) in [6.45, 7) is 0. The smallest absolute Gasteiger partial charge is 0.308 e. The van der Waals surface area contributed by atoms with E-state index in [1.54, 1.807) is 12.1 Å². The summed E-state index contributed by atoms with van der Waals surface area (Å²) in [6, 6.07) is 4.87. The number of halogens is 1. The van der Waals surface area contributed by atoms with E-state index in [-0.39, 0.29) is 24.3 Å². The molecule has 26 heavy (non-hydrogen) atoms. The molecule has 1 aromatic rings.